The maximum Gasteiger partial charge on any atom is 0.235 e. The standard InChI is InChI=1S/C13H12N6O/c1-9(20)14-15-11-7-8-12-16-17-13(19(12)18-11)10-5-3-2-4-6-10/h2-8H,1H3,(H,14,20)(H,15,18). The fraction of sp³-hybridized carbons (Fsp3) is 0.0769. The Morgan fingerprint density at radius 1 is 1.10 bits per heavy atom. The fourth-order valence-electron chi connectivity index (χ4n) is 1.77. The first-order chi connectivity index (χ1) is 9.74. The third-order valence-corrected chi connectivity index (χ3v) is 2.66. The number of hydrogen-bond donors (Lipinski definition) is 2. The summed E-state index contributed by atoms with van der Waals surface area (Å²) in [6.07, 6.45) is 0. The van der Waals surface area contributed by atoms with Crippen LogP contribution in [-0.2, 0) is 4.79 Å². The van der Waals surface area contributed by atoms with Crippen LogP contribution in [0.2, 0.25) is 0 Å². The molecule has 0 radical (unpaired) electrons. The molecular formula is C13H12N6O. The van der Waals surface area contributed by atoms with Gasteiger partial charge in [-0.2, -0.15) is 4.52 Å². The summed E-state index contributed by atoms with van der Waals surface area (Å²) in [4.78, 5) is 10.9. The SMILES string of the molecule is CC(=O)NNc1ccc2nnc(-c3ccccc3)n2n1. The predicted octanol–water partition coefficient (Wildman–Crippen LogP) is 1.25. The lowest BCUT2D eigenvalue weighted by Gasteiger charge is -2.05. The smallest absolute Gasteiger partial charge is 0.235 e. The molecule has 20 heavy (non-hydrogen) atoms. The van der Waals surface area contributed by atoms with Crippen molar-refractivity contribution in [3.8, 4) is 11.4 Å². The molecular weight excluding hydrogens is 256 g/mol. The van der Waals surface area contributed by atoms with Crippen molar-refractivity contribution in [3.63, 3.8) is 0 Å². The molecule has 3 aromatic rings. The molecule has 0 fully saturated rings. The molecule has 7 nitrogen and oxygen atoms in total. The third-order valence-electron chi connectivity index (χ3n) is 2.66. The summed E-state index contributed by atoms with van der Waals surface area (Å²) in [6.45, 7) is 1.42. The molecule has 2 N–H and O–H groups in total. The molecule has 0 bridgehead atoms. The van der Waals surface area contributed by atoms with Gasteiger partial charge in [0.05, 0.1) is 0 Å². The zero-order chi connectivity index (χ0) is 13.9. The summed E-state index contributed by atoms with van der Waals surface area (Å²) in [6, 6.07) is 13.2. The molecule has 0 aliphatic heterocycles. The largest absolute Gasteiger partial charge is 0.280 e. The monoisotopic (exact) mass is 268 g/mol. The molecule has 2 aromatic heterocycles. The van der Waals surface area contributed by atoms with Crippen LogP contribution in [-0.4, -0.2) is 25.7 Å². The highest BCUT2D eigenvalue weighted by atomic mass is 16.2. The van der Waals surface area contributed by atoms with Gasteiger partial charge in [-0.25, -0.2) is 0 Å². The zero-order valence-corrected chi connectivity index (χ0v) is 10.7. The minimum absolute atomic E-state index is 0.195. The second-order valence-electron chi connectivity index (χ2n) is 4.18. The number of anilines is 1. The number of aromatic nitrogens is 4. The molecule has 3 rings (SSSR count). The number of carbonyl (C=O) groups excluding carboxylic acids is 1. The molecule has 0 aliphatic rings. The number of rotatable bonds is 3. The van der Waals surface area contributed by atoms with E-state index >= 15 is 0 Å². The van der Waals surface area contributed by atoms with Crippen molar-refractivity contribution >= 4 is 17.4 Å². The first kappa shape index (κ1) is 12.1. The van der Waals surface area contributed by atoms with E-state index in [2.05, 4.69) is 26.1 Å². The summed E-state index contributed by atoms with van der Waals surface area (Å²) >= 11 is 0. The average Bonchev–Trinajstić information content (AvgIpc) is 2.89. The van der Waals surface area contributed by atoms with Crippen LogP contribution in [0.1, 0.15) is 6.92 Å². The molecule has 7 heteroatoms. The lowest BCUT2D eigenvalue weighted by atomic mass is 10.2. The van der Waals surface area contributed by atoms with E-state index in [0.717, 1.165) is 5.56 Å². The molecule has 0 aliphatic carbocycles. The van der Waals surface area contributed by atoms with Crippen LogP contribution >= 0.6 is 0 Å². The van der Waals surface area contributed by atoms with Gasteiger partial charge >= 0.3 is 0 Å². The zero-order valence-electron chi connectivity index (χ0n) is 10.7. The number of hydrazine groups is 1. The van der Waals surface area contributed by atoms with Crippen molar-refractivity contribution < 1.29 is 4.79 Å². The van der Waals surface area contributed by atoms with Gasteiger partial charge in [0.1, 0.15) is 0 Å². The fourth-order valence-corrected chi connectivity index (χ4v) is 1.77. The van der Waals surface area contributed by atoms with Crippen LogP contribution in [0.3, 0.4) is 0 Å². The van der Waals surface area contributed by atoms with Gasteiger partial charge in [0.25, 0.3) is 0 Å². The minimum atomic E-state index is -0.195. The van der Waals surface area contributed by atoms with Gasteiger partial charge in [0, 0.05) is 12.5 Å². The van der Waals surface area contributed by atoms with E-state index in [9.17, 15) is 4.79 Å². The second kappa shape index (κ2) is 4.96. The summed E-state index contributed by atoms with van der Waals surface area (Å²) in [5.74, 6) is 0.954. The van der Waals surface area contributed by atoms with Gasteiger partial charge in [0.15, 0.2) is 17.3 Å². The van der Waals surface area contributed by atoms with E-state index in [1.165, 1.54) is 6.92 Å². The number of benzene rings is 1. The van der Waals surface area contributed by atoms with Crippen LogP contribution < -0.4 is 10.9 Å². The summed E-state index contributed by atoms with van der Waals surface area (Å²) < 4.78 is 1.62. The molecule has 0 saturated carbocycles. The van der Waals surface area contributed by atoms with Crippen LogP contribution in [0, 0.1) is 0 Å². The van der Waals surface area contributed by atoms with E-state index < -0.39 is 0 Å². The Labute approximate surface area is 114 Å². The Morgan fingerprint density at radius 2 is 1.90 bits per heavy atom. The summed E-state index contributed by atoms with van der Waals surface area (Å²) in [5.41, 5.74) is 6.75. The third kappa shape index (κ3) is 2.28. The molecule has 1 aromatic carbocycles. The molecule has 0 unspecified atom stereocenters. The molecule has 0 spiro atoms. The number of hydrogen-bond acceptors (Lipinski definition) is 5. The number of fused-ring (bicyclic) bond motifs is 1. The number of nitrogens with zero attached hydrogens (tertiary/aromatic N) is 4. The second-order valence-corrected chi connectivity index (χ2v) is 4.18. The van der Waals surface area contributed by atoms with Crippen LogP contribution in [0.15, 0.2) is 42.5 Å². The maximum absolute atomic E-state index is 10.9. The van der Waals surface area contributed by atoms with Crippen LogP contribution in [0.4, 0.5) is 5.82 Å². The van der Waals surface area contributed by atoms with Crippen molar-refractivity contribution in [2.24, 2.45) is 0 Å². The average molecular weight is 268 g/mol. The minimum Gasteiger partial charge on any atom is -0.280 e. The van der Waals surface area contributed by atoms with E-state index in [0.29, 0.717) is 17.3 Å². The van der Waals surface area contributed by atoms with Crippen molar-refractivity contribution in [2.45, 2.75) is 6.92 Å². The van der Waals surface area contributed by atoms with Gasteiger partial charge in [-0.1, -0.05) is 30.3 Å². The highest BCUT2D eigenvalue weighted by Crippen LogP contribution is 2.17. The highest BCUT2D eigenvalue weighted by Gasteiger charge is 2.09. The quantitative estimate of drug-likeness (QED) is 0.698. The van der Waals surface area contributed by atoms with Crippen molar-refractivity contribution in [2.75, 3.05) is 5.43 Å². The summed E-state index contributed by atoms with van der Waals surface area (Å²) in [5, 5.41) is 12.6. The van der Waals surface area contributed by atoms with Crippen molar-refractivity contribution in [1.82, 2.24) is 25.2 Å². The van der Waals surface area contributed by atoms with Crippen molar-refractivity contribution in [3.05, 3.63) is 42.5 Å². The Balaban J connectivity index is 2.02. The maximum atomic E-state index is 10.9. The number of amides is 1. The van der Waals surface area contributed by atoms with E-state index in [1.54, 1.807) is 16.6 Å². The lowest BCUT2D eigenvalue weighted by molar-refractivity contribution is -0.118. The Bertz CT molecular complexity index is 752. The molecule has 100 valence electrons. The van der Waals surface area contributed by atoms with Gasteiger partial charge < -0.3 is 0 Å². The van der Waals surface area contributed by atoms with Gasteiger partial charge in [-0.05, 0) is 12.1 Å². The topological polar surface area (TPSA) is 84.2 Å². The predicted molar refractivity (Wildman–Crippen MR) is 73.7 cm³/mol. The Hall–Kier alpha value is -2.96. The van der Waals surface area contributed by atoms with Crippen LogP contribution in [0.5, 0.6) is 0 Å². The van der Waals surface area contributed by atoms with Crippen LogP contribution in [0.25, 0.3) is 17.0 Å². The summed E-state index contributed by atoms with van der Waals surface area (Å²) in [7, 11) is 0. The Kier molecular flexibility index (Phi) is 3.00. The van der Waals surface area contributed by atoms with E-state index in [-0.39, 0.29) is 5.91 Å². The Morgan fingerprint density at radius 3 is 2.65 bits per heavy atom. The van der Waals surface area contributed by atoms with E-state index in [1.807, 2.05) is 30.3 Å². The van der Waals surface area contributed by atoms with Gasteiger partial charge in [0.2, 0.25) is 5.91 Å². The normalized spacial score (nSPS) is 10.4. The first-order valence-electron chi connectivity index (χ1n) is 6.04. The van der Waals surface area contributed by atoms with Gasteiger partial charge in [-0.3, -0.25) is 15.6 Å². The first-order valence-corrected chi connectivity index (χ1v) is 6.04. The molecule has 0 atom stereocenters. The van der Waals surface area contributed by atoms with Gasteiger partial charge in [-0.15, -0.1) is 15.3 Å². The van der Waals surface area contributed by atoms with Crippen molar-refractivity contribution in [1.29, 1.82) is 0 Å². The highest BCUT2D eigenvalue weighted by molar-refractivity contribution is 5.74. The number of nitrogens with one attached hydrogen (secondary N) is 2. The molecule has 0 saturated heterocycles. The molecule has 2 heterocycles. The number of carbonyl (C=O) groups is 1. The molecule has 1 amide bonds. The lowest BCUT2D eigenvalue weighted by Crippen LogP contribution is -2.27. The van der Waals surface area contributed by atoms with E-state index in [4.69, 9.17) is 0 Å².